The fourth-order valence-electron chi connectivity index (χ4n) is 3.60. The van der Waals surface area contributed by atoms with Crippen LogP contribution < -0.4 is 4.74 Å². The summed E-state index contributed by atoms with van der Waals surface area (Å²) in [6.07, 6.45) is 4.67. The number of aryl methyl sites for hydroxylation is 1. The molecule has 0 saturated carbocycles. The summed E-state index contributed by atoms with van der Waals surface area (Å²) in [5, 5.41) is 4.96. The van der Waals surface area contributed by atoms with Crippen molar-refractivity contribution in [3.05, 3.63) is 85.6 Å². The number of epoxide rings is 2. The van der Waals surface area contributed by atoms with E-state index in [0.717, 1.165) is 50.2 Å². The van der Waals surface area contributed by atoms with Gasteiger partial charge in [0.15, 0.2) is 23.8 Å². The maximum absolute atomic E-state index is 14.4. The highest BCUT2D eigenvalue weighted by Crippen LogP contribution is 2.25. The van der Waals surface area contributed by atoms with Gasteiger partial charge in [-0.15, -0.1) is 5.53 Å². The molecule has 2 aromatic carbocycles. The number of halogens is 2. The number of benzene rings is 2. The van der Waals surface area contributed by atoms with Gasteiger partial charge in [-0.2, -0.15) is 9.30 Å². The molecule has 14 nitrogen and oxygen atoms in total. The summed E-state index contributed by atoms with van der Waals surface area (Å²) < 4.78 is 53.3. The zero-order valence-corrected chi connectivity index (χ0v) is 22.9. The third-order valence-corrected chi connectivity index (χ3v) is 6.06. The van der Waals surface area contributed by atoms with Crippen LogP contribution in [0.4, 0.5) is 8.78 Å². The van der Waals surface area contributed by atoms with E-state index in [1.165, 1.54) is 6.07 Å². The van der Waals surface area contributed by atoms with Gasteiger partial charge in [0, 0.05) is 10.5 Å². The number of carbonyl (C=O) groups excluding carboxylic acids is 3. The standard InChI is InChI=1S/C27H28F2O8.N6/c28-23-19(14-36-27(32)22-16-35-22)11-12-20(24(23)29)37-25(30)18-9-7-17(8-10-18)6-4-2-1-3-5-13-33-26(31)21-15-34-21;1-3-5-6-4-2/h7-12,21-22H,1-6,13-16H2;. The Morgan fingerprint density at radius 3 is 2.00 bits per heavy atom. The number of ether oxygens (including phenoxy) is 5. The van der Waals surface area contributed by atoms with E-state index >= 15 is 0 Å². The summed E-state index contributed by atoms with van der Waals surface area (Å²) in [4.78, 5) is 39.5. The van der Waals surface area contributed by atoms with Gasteiger partial charge in [0.05, 0.1) is 30.6 Å². The second-order valence-electron chi connectivity index (χ2n) is 9.23. The molecule has 0 spiro atoms. The molecule has 0 amide bonds. The molecule has 2 fully saturated rings. The largest absolute Gasteiger partial charge is 0.464 e. The molecule has 2 unspecified atom stereocenters. The monoisotopic (exact) mass is 602 g/mol. The molecular formula is C27H28F2N6O8. The van der Waals surface area contributed by atoms with Crippen molar-refractivity contribution in [3.63, 3.8) is 0 Å². The van der Waals surface area contributed by atoms with Crippen molar-refractivity contribution in [1.82, 2.24) is 0 Å². The lowest BCUT2D eigenvalue weighted by atomic mass is 10.0. The molecule has 2 heterocycles. The van der Waals surface area contributed by atoms with E-state index in [1.807, 2.05) is 0 Å². The second kappa shape index (κ2) is 17.3. The molecule has 0 aliphatic carbocycles. The summed E-state index contributed by atoms with van der Waals surface area (Å²) in [5.74, 6) is -4.87. The minimum absolute atomic E-state index is 0.178. The summed E-state index contributed by atoms with van der Waals surface area (Å²) in [5.41, 5.74) is 15.9. The van der Waals surface area contributed by atoms with E-state index in [4.69, 9.17) is 34.7 Å². The summed E-state index contributed by atoms with van der Waals surface area (Å²) >= 11 is 0. The van der Waals surface area contributed by atoms with Crippen LogP contribution in [0.5, 0.6) is 5.75 Å². The van der Waals surface area contributed by atoms with Gasteiger partial charge in [-0.1, -0.05) is 36.9 Å². The number of unbranched alkanes of at least 4 members (excludes halogenated alkanes) is 4. The van der Waals surface area contributed by atoms with Crippen LogP contribution >= 0.6 is 0 Å². The highest BCUT2D eigenvalue weighted by Gasteiger charge is 2.33. The van der Waals surface area contributed by atoms with Crippen LogP contribution in [-0.2, 0) is 41.6 Å². The third-order valence-electron chi connectivity index (χ3n) is 6.06. The van der Waals surface area contributed by atoms with Crippen LogP contribution in [0.1, 0.15) is 53.6 Å². The van der Waals surface area contributed by atoms with Gasteiger partial charge < -0.3 is 23.7 Å². The Morgan fingerprint density at radius 2 is 1.40 bits per heavy atom. The van der Waals surface area contributed by atoms with E-state index in [1.54, 1.807) is 24.3 Å². The molecule has 2 atom stereocenters. The summed E-state index contributed by atoms with van der Waals surface area (Å²) in [6.45, 7) is 0.681. The lowest BCUT2D eigenvalue weighted by Crippen LogP contribution is -2.13. The summed E-state index contributed by atoms with van der Waals surface area (Å²) in [7, 11) is 0. The number of nitrogens with zero attached hydrogens (tertiary/aromatic N) is 6. The van der Waals surface area contributed by atoms with Crippen LogP contribution in [0.3, 0.4) is 0 Å². The molecule has 2 saturated heterocycles. The number of azide groups is 2. The smallest absolute Gasteiger partial charge is 0.343 e. The van der Waals surface area contributed by atoms with Gasteiger partial charge in [0.1, 0.15) is 6.61 Å². The molecule has 16 heteroatoms. The molecule has 228 valence electrons. The van der Waals surface area contributed by atoms with Crippen molar-refractivity contribution < 1.29 is 46.8 Å². The Balaban J connectivity index is 0.000000765. The van der Waals surface area contributed by atoms with E-state index in [-0.39, 0.29) is 29.8 Å². The van der Waals surface area contributed by atoms with Crippen LogP contribution in [-0.4, -0.2) is 49.9 Å². The van der Waals surface area contributed by atoms with E-state index < -0.39 is 42.0 Å². The first-order chi connectivity index (χ1) is 20.8. The van der Waals surface area contributed by atoms with Gasteiger partial charge in [-0.05, 0) is 49.1 Å². The van der Waals surface area contributed by atoms with Crippen LogP contribution in [0.25, 0.3) is 20.9 Å². The lowest BCUT2D eigenvalue weighted by Gasteiger charge is -2.10. The fourth-order valence-corrected chi connectivity index (χ4v) is 3.60. The number of esters is 3. The van der Waals surface area contributed by atoms with Crippen LogP contribution in [0.2, 0.25) is 0 Å². The molecule has 0 aromatic heterocycles. The maximum Gasteiger partial charge on any atom is 0.343 e. The minimum atomic E-state index is -1.34. The van der Waals surface area contributed by atoms with Crippen LogP contribution in [0, 0.1) is 11.6 Å². The second-order valence-corrected chi connectivity index (χ2v) is 9.23. The van der Waals surface area contributed by atoms with E-state index in [9.17, 15) is 23.2 Å². The predicted octanol–water partition coefficient (Wildman–Crippen LogP) is 5.58. The normalized spacial score (nSPS) is 15.9. The molecule has 0 radical (unpaired) electrons. The molecule has 2 aromatic rings. The Bertz CT molecular complexity index is 1360. The Hall–Kier alpha value is -4.75. The van der Waals surface area contributed by atoms with E-state index in [0.29, 0.717) is 13.2 Å². The quantitative estimate of drug-likeness (QED) is 0.0367. The third kappa shape index (κ3) is 11.6. The zero-order chi connectivity index (χ0) is 31.0. The number of hydrogen-bond donors (Lipinski definition) is 0. The molecular weight excluding hydrogens is 574 g/mol. The average Bonchev–Trinajstić information content (AvgIpc) is 3.93. The van der Waals surface area contributed by atoms with Crippen molar-refractivity contribution in [2.45, 2.75) is 57.3 Å². The topological polar surface area (TPSA) is 201 Å². The van der Waals surface area contributed by atoms with E-state index in [2.05, 4.69) is 20.3 Å². The molecule has 2 aliphatic rings. The number of hydrogen-bond acceptors (Lipinski definition) is 8. The van der Waals surface area contributed by atoms with Gasteiger partial charge in [0.25, 0.3) is 5.22 Å². The first kappa shape index (κ1) is 32.8. The first-order valence-electron chi connectivity index (χ1n) is 13.3. The lowest BCUT2D eigenvalue weighted by molar-refractivity contribution is -0.146. The Kier molecular flexibility index (Phi) is 13.2. The van der Waals surface area contributed by atoms with Gasteiger partial charge in [-0.25, -0.2) is 18.8 Å². The van der Waals surface area contributed by atoms with Crippen molar-refractivity contribution in [3.8, 4) is 5.75 Å². The van der Waals surface area contributed by atoms with Crippen molar-refractivity contribution in [2.75, 3.05) is 19.8 Å². The van der Waals surface area contributed by atoms with Crippen molar-refractivity contribution in [2.24, 2.45) is 10.4 Å². The van der Waals surface area contributed by atoms with Crippen LogP contribution in [0.15, 0.2) is 46.8 Å². The van der Waals surface area contributed by atoms with Crippen molar-refractivity contribution >= 4 is 17.9 Å². The van der Waals surface area contributed by atoms with Crippen molar-refractivity contribution in [1.29, 1.82) is 0 Å². The molecule has 2 aliphatic heterocycles. The van der Waals surface area contributed by atoms with Gasteiger partial charge in [0.2, 0.25) is 5.82 Å². The van der Waals surface area contributed by atoms with Gasteiger partial charge in [-0.3, -0.25) is 0 Å². The summed E-state index contributed by atoms with van der Waals surface area (Å²) in [6, 6.07) is 9.07. The highest BCUT2D eigenvalue weighted by atomic mass is 19.2. The zero-order valence-electron chi connectivity index (χ0n) is 22.9. The SMILES string of the molecule is O=C(Oc1ccc(COC(=O)C2CO2)c(F)c1F)c1ccc(CCCCCCCOC(=O)C2CO2)cc1.[N-]=[N+]=NN=[N+]=[N-]. The fraction of sp³-hybridized carbons (Fsp3) is 0.444. The Morgan fingerprint density at radius 1 is 0.814 bits per heavy atom. The predicted molar refractivity (Wildman–Crippen MR) is 143 cm³/mol. The average molecular weight is 603 g/mol. The van der Waals surface area contributed by atoms with Gasteiger partial charge >= 0.3 is 17.9 Å². The molecule has 43 heavy (non-hydrogen) atoms. The molecule has 0 N–H and O–H groups in total. The highest BCUT2D eigenvalue weighted by molar-refractivity contribution is 5.91. The number of rotatable bonds is 15. The molecule has 4 rings (SSSR count). The Labute approximate surface area is 244 Å². The first-order valence-corrected chi connectivity index (χ1v) is 13.3. The minimum Gasteiger partial charge on any atom is -0.464 e. The maximum atomic E-state index is 14.4. The number of carbonyl (C=O) groups is 3. The molecule has 0 bridgehead atoms.